The molecule has 1 N–H and O–H groups in total. The molecule has 3 aromatic carbocycles. The zero-order valence-electron chi connectivity index (χ0n) is 20.0. The fourth-order valence-corrected chi connectivity index (χ4v) is 4.56. The summed E-state index contributed by atoms with van der Waals surface area (Å²) in [6.07, 6.45) is 1.45. The van der Waals surface area contributed by atoms with Crippen LogP contribution >= 0.6 is 35.4 Å². The molecular weight excluding hydrogens is 551 g/mol. The lowest BCUT2D eigenvalue weighted by Crippen LogP contribution is -2.54. The minimum Gasteiger partial charge on any atom is -0.490 e. The molecule has 3 aromatic rings. The molecule has 1 fully saturated rings. The summed E-state index contributed by atoms with van der Waals surface area (Å²) in [4.78, 5) is 27.2. The van der Waals surface area contributed by atoms with Gasteiger partial charge in [0.25, 0.3) is 11.8 Å². The Bertz CT molecular complexity index is 1490. The Morgan fingerprint density at radius 3 is 2.66 bits per heavy atom. The van der Waals surface area contributed by atoms with Crippen molar-refractivity contribution >= 4 is 64.1 Å². The van der Waals surface area contributed by atoms with Gasteiger partial charge in [-0.2, -0.15) is 0 Å². The molecule has 1 saturated heterocycles. The van der Waals surface area contributed by atoms with Crippen LogP contribution in [0.4, 0.5) is 5.69 Å². The van der Waals surface area contributed by atoms with Gasteiger partial charge in [0.05, 0.1) is 22.3 Å². The first-order valence-electron chi connectivity index (χ1n) is 11.5. The number of carbonyl (C=O) groups is 2. The fraction of sp³-hybridized carbons (Fsp3) is 0.148. The van der Waals surface area contributed by atoms with Gasteiger partial charge >= 0.3 is 0 Å². The first-order chi connectivity index (χ1) is 18.4. The number of anilines is 1. The fourth-order valence-electron chi connectivity index (χ4n) is 3.90. The maximum absolute atomic E-state index is 13.4. The van der Waals surface area contributed by atoms with Crippen molar-refractivity contribution in [2.45, 2.75) is 13.5 Å². The normalized spacial score (nSPS) is 15.6. The monoisotopic (exact) mass is 570 g/mol. The number of rotatable bonds is 7. The summed E-state index contributed by atoms with van der Waals surface area (Å²) in [6, 6.07) is 15.5. The van der Waals surface area contributed by atoms with E-state index in [2.05, 4.69) is 5.32 Å². The SMILES string of the molecule is CCOc1cc(/C=C2\C(=O)NC(=S)N(c3cccc(Cl)c3Cl)C2=O)ccc1OCc1ccc2c(c1)OCO2. The average molecular weight is 571 g/mol. The van der Waals surface area contributed by atoms with Crippen LogP contribution in [0.1, 0.15) is 18.1 Å². The standard InChI is InChI=1S/C27H20Cl2N2O6S/c1-2-34-22-11-15(6-8-20(22)35-13-16-7-9-21-23(12-16)37-14-36-21)10-17-25(32)30-27(38)31(26(17)33)19-5-3-4-18(28)24(19)29/h3-12H,2,13-14H2,1H3,(H,30,32,38)/b17-10+. The van der Waals surface area contributed by atoms with E-state index < -0.39 is 11.8 Å². The first kappa shape index (κ1) is 25.8. The maximum atomic E-state index is 13.4. The van der Waals surface area contributed by atoms with E-state index in [0.29, 0.717) is 35.2 Å². The van der Waals surface area contributed by atoms with Gasteiger partial charge in [-0.25, -0.2) is 0 Å². The van der Waals surface area contributed by atoms with Gasteiger partial charge < -0.3 is 18.9 Å². The topological polar surface area (TPSA) is 86.3 Å². The number of carbonyl (C=O) groups excluding carboxylic acids is 2. The Hall–Kier alpha value is -3.79. The molecule has 0 aliphatic carbocycles. The number of thiocarbonyl (C=S) groups is 1. The van der Waals surface area contributed by atoms with Gasteiger partial charge in [0.15, 0.2) is 28.1 Å². The van der Waals surface area contributed by atoms with E-state index in [1.165, 1.54) is 6.08 Å². The minimum absolute atomic E-state index is 0.0939. The highest BCUT2D eigenvalue weighted by atomic mass is 35.5. The molecule has 194 valence electrons. The van der Waals surface area contributed by atoms with Crippen molar-refractivity contribution in [2.75, 3.05) is 18.3 Å². The number of nitrogens with one attached hydrogen (secondary N) is 1. The van der Waals surface area contributed by atoms with Crippen molar-refractivity contribution in [3.63, 3.8) is 0 Å². The van der Waals surface area contributed by atoms with Crippen molar-refractivity contribution in [1.29, 1.82) is 0 Å². The van der Waals surface area contributed by atoms with Gasteiger partial charge in [0, 0.05) is 0 Å². The van der Waals surface area contributed by atoms with Crippen LogP contribution in [0, 0.1) is 0 Å². The number of hydrogen-bond donors (Lipinski definition) is 1. The van der Waals surface area contributed by atoms with E-state index in [4.69, 9.17) is 54.4 Å². The molecule has 0 aromatic heterocycles. The second-order valence-electron chi connectivity index (χ2n) is 8.15. The number of benzene rings is 3. The van der Waals surface area contributed by atoms with Crippen molar-refractivity contribution < 1.29 is 28.5 Å². The lowest BCUT2D eigenvalue weighted by Gasteiger charge is -2.29. The van der Waals surface area contributed by atoms with Gasteiger partial charge in [-0.05, 0) is 72.7 Å². The molecule has 2 aliphatic rings. The van der Waals surface area contributed by atoms with Crippen LogP contribution in [0.2, 0.25) is 10.0 Å². The van der Waals surface area contributed by atoms with Crippen LogP contribution in [0.3, 0.4) is 0 Å². The summed E-state index contributed by atoms with van der Waals surface area (Å²) in [5.74, 6) is 1.05. The predicted molar refractivity (Wildman–Crippen MR) is 147 cm³/mol. The zero-order valence-corrected chi connectivity index (χ0v) is 22.3. The van der Waals surface area contributed by atoms with Gasteiger partial charge in [-0.1, -0.05) is 41.4 Å². The lowest BCUT2D eigenvalue weighted by molar-refractivity contribution is -0.122. The van der Waals surface area contributed by atoms with E-state index in [9.17, 15) is 9.59 Å². The van der Waals surface area contributed by atoms with Crippen LogP contribution in [0.5, 0.6) is 23.0 Å². The highest BCUT2D eigenvalue weighted by Gasteiger charge is 2.35. The summed E-state index contributed by atoms with van der Waals surface area (Å²) in [6.45, 7) is 2.69. The lowest BCUT2D eigenvalue weighted by atomic mass is 10.1. The third-order valence-corrected chi connectivity index (χ3v) is 6.78. The van der Waals surface area contributed by atoms with Crippen LogP contribution < -0.4 is 29.2 Å². The second kappa shape index (κ2) is 10.9. The number of ether oxygens (including phenoxy) is 4. The van der Waals surface area contributed by atoms with Crippen LogP contribution in [-0.4, -0.2) is 30.3 Å². The summed E-state index contributed by atoms with van der Waals surface area (Å²) >= 11 is 17.7. The molecule has 5 rings (SSSR count). The summed E-state index contributed by atoms with van der Waals surface area (Å²) in [7, 11) is 0. The Morgan fingerprint density at radius 2 is 1.84 bits per heavy atom. The molecule has 2 aliphatic heterocycles. The predicted octanol–water partition coefficient (Wildman–Crippen LogP) is 5.53. The minimum atomic E-state index is -0.635. The van der Waals surface area contributed by atoms with Crippen molar-refractivity contribution in [2.24, 2.45) is 0 Å². The molecule has 0 bridgehead atoms. The van der Waals surface area contributed by atoms with E-state index in [0.717, 1.165) is 10.5 Å². The molecule has 2 amide bonds. The Labute approximate surface area is 233 Å². The Morgan fingerprint density at radius 1 is 1.03 bits per heavy atom. The van der Waals surface area contributed by atoms with Crippen molar-refractivity contribution in [1.82, 2.24) is 5.32 Å². The van der Waals surface area contributed by atoms with E-state index in [1.807, 2.05) is 25.1 Å². The van der Waals surface area contributed by atoms with Crippen LogP contribution in [0.15, 0.2) is 60.2 Å². The van der Waals surface area contributed by atoms with E-state index >= 15 is 0 Å². The largest absolute Gasteiger partial charge is 0.490 e. The third kappa shape index (κ3) is 5.13. The number of halogens is 2. The van der Waals surface area contributed by atoms with Crippen molar-refractivity contribution in [3.8, 4) is 23.0 Å². The van der Waals surface area contributed by atoms with Crippen LogP contribution in [-0.2, 0) is 16.2 Å². The summed E-state index contributed by atoms with van der Waals surface area (Å²) in [5.41, 5.74) is 1.57. The van der Waals surface area contributed by atoms with Gasteiger partial charge in [0.2, 0.25) is 6.79 Å². The Kier molecular flexibility index (Phi) is 7.42. The molecule has 0 radical (unpaired) electrons. The van der Waals surface area contributed by atoms with E-state index in [1.54, 1.807) is 36.4 Å². The number of nitrogens with zero attached hydrogens (tertiary/aromatic N) is 1. The van der Waals surface area contributed by atoms with Gasteiger partial charge in [0.1, 0.15) is 12.2 Å². The number of fused-ring (bicyclic) bond motifs is 1. The zero-order chi connectivity index (χ0) is 26.8. The summed E-state index contributed by atoms with van der Waals surface area (Å²) < 4.78 is 22.5. The second-order valence-corrected chi connectivity index (χ2v) is 9.32. The average Bonchev–Trinajstić information content (AvgIpc) is 3.36. The third-order valence-electron chi connectivity index (χ3n) is 5.68. The quantitative estimate of drug-likeness (QED) is 0.227. The molecule has 11 heteroatoms. The highest BCUT2D eigenvalue weighted by molar-refractivity contribution is 7.80. The molecule has 0 saturated carbocycles. The maximum Gasteiger partial charge on any atom is 0.270 e. The number of amides is 2. The molecule has 0 unspecified atom stereocenters. The number of hydrogen-bond acceptors (Lipinski definition) is 7. The first-order valence-corrected chi connectivity index (χ1v) is 12.7. The highest BCUT2D eigenvalue weighted by Crippen LogP contribution is 2.36. The van der Waals surface area contributed by atoms with Crippen LogP contribution in [0.25, 0.3) is 6.08 Å². The van der Waals surface area contributed by atoms with E-state index in [-0.39, 0.29) is 39.8 Å². The Balaban J connectivity index is 1.40. The van der Waals surface area contributed by atoms with Crippen molar-refractivity contribution in [3.05, 3.63) is 81.3 Å². The molecule has 8 nitrogen and oxygen atoms in total. The van der Waals surface area contributed by atoms with Gasteiger partial charge in [-0.15, -0.1) is 0 Å². The molecule has 0 spiro atoms. The smallest absolute Gasteiger partial charge is 0.270 e. The van der Waals surface area contributed by atoms with Gasteiger partial charge in [-0.3, -0.25) is 19.8 Å². The molecule has 2 heterocycles. The molecule has 38 heavy (non-hydrogen) atoms. The molecule has 0 atom stereocenters. The molecular formula is C27H20Cl2N2O6S. The summed E-state index contributed by atoms with van der Waals surface area (Å²) in [5, 5.41) is 2.83.